The lowest BCUT2D eigenvalue weighted by Gasteiger charge is -2.27. The molecule has 4 nitrogen and oxygen atoms in total. The van der Waals surface area contributed by atoms with Crippen LogP contribution in [-0.2, 0) is 0 Å². The smallest absolute Gasteiger partial charge is 0.354 e. The zero-order chi connectivity index (χ0) is 15.0. The average molecular weight is 300 g/mol. The van der Waals surface area contributed by atoms with E-state index in [1.165, 1.54) is 4.90 Å². The molecule has 0 aromatic heterocycles. The first kappa shape index (κ1) is 14.0. The summed E-state index contributed by atoms with van der Waals surface area (Å²) in [5.74, 6) is 0. The highest BCUT2D eigenvalue weighted by Gasteiger charge is 2.29. The molecule has 2 aromatic rings. The molecule has 0 saturated carbocycles. The minimum absolute atomic E-state index is 0.0379. The third-order valence-corrected chi connectivity index (χ3v) is 4.84. The molecule has 3 rings (SSSR count). The monoisotopic (exact) mass is 300 g/mol. The summed E-state index contributed by atoms with van der Waals surface area (Å²) in [4.78, 5) is 14.4. The van der Waals surface area contributed by atoms with Gasteiger partial charge in [0.25, 0.3) is 0 Å². The highest BCUT2D eigenvalue weighted by molar-refractivity contribution is 7.99. The van der Waals surface area contributed by atoms with Gasteiger partial charge in [-0.1, -0.05) is 23.9 Å². The summed E-state index contributed by atoms with van der Waals surface area (Å²) in [5, 5.41) is 6.14. The van der Waals surface area contributed by atoms with Gasteiger partial charge in [0.1, 0.15) is 5.69 Å². The van der Waals surface area contributed by atoms with Crippen molar-refractivity contribution in [3.63, 3.8) is 0 Å². The molecule has 0 spiro atoms. The number of urea groups is 1. The Morgan fingerprint density at radius 2 is 1.81 bits per heavy atom. The highest BCUT2D eigenvalue weighted by atomic mass is 32.2. The van der Waals surface area contributed by atoms with E-state index in [1.807, 2.05) is 38.4 Å². The Bertz CT molecular complexity index is 712. The summed E-state index contributed by atoms with van der Waals surface area (Å²) < 4.78 is 0.173. The number of hydrogen-bond donors (Lipinski definition) is 2. The molecule has 2 N–H and O–H groups in total. The summed E-state index contributed by atoms with van der Waals surface area (Å²) in [7, 11) is 5.43. The molecule has 0 bridgehead atoms. The standard InChI is InChI=1S/C16H17N3OS/c1-17-16(20)19(2,3)11-8-9-13-15(10-11)21-14-7-5-4-6-12(14)18-13/h4-10,18H,1-3H3/p+1. The number of quaternary nitrogens is 1. The Morgan fingerprint density at radius 3 is 2.57 bits per heavy atom. The second kappa shape index (κ2) is 5.09. The lowest BCUT2D eigenvalue weighted by molar-refractivity contribution is 0.219. The second-order valence-electron chi connectivity index (χ2n) is 5.41. The molecule has 5 heteroatoms. The maximum absolute atomic E-state index is 12.0. The number of hydrogen-bond acceptors (Lipinski definition) is 3. The van der Waals surface area contributed by atoms with E-state index in [0.717, 1.165) is 22.0 Å². The van der Waals surface area contributed by atoms with Crippen LogP contribution in [0.15, 0.2) is 52.3 Å². The summed E-state index contributed by atoms with van der Waals surface area (Å²) in [5.41, 5.74) is 3.17. The summed E-state index contributed by atoms with van der Waals surface area (Å²) >= 11 is 1.73. The number of rotatable bonds is 1. The Balaban J connectivity index is 1.99. The maximum atomic E-state index is 12.0. The Hall–Kier alpha value is -1.98. The van der Waals surface area contributed by atoms with Crippen molar-refractivity contribution in [1.82, 2.24) is 9.80 Å². The van der Waals surface area contributed by atoms with Crippen molar-refractivity contribution in [2.75, 3.05) is 26.5 Å². The van der Waals surface area contributed by atoms with Gasteiger partial charge in [0, 0.05) is 29.0 Å². The van der Waals surface area contributed by atoms with Crippen LogP contribution < -0.4 is 15.1 Å². The zero-order valence-corrected chi connectivity index (χ0v) is 13.1. The Labute approximate surface area is 128 Å². The fourth-order valence-corrected chi connectivity index (χ4v) is 3.39. The number of carbonyl (C=O) groups is 1. The van der Waals surface area contributed by atoms with E-state index in [0.29, 0.717) is 0 Å². The first-order valence-electron chi connectivity index (χ1n) is 6.77. The van der Waals surface area contributed by atoms with Crippen LogP contribution in [0, 0.1) is 0 Å². The minimum atomic E-state index is -0.0379. The predicted molar refractivity (Wildman–Crippen MR) is 88.4 cm³/mol. The van der Waals surface area contributed by atoms with Gasteiger partial charge >= 0.3 is 6.03 Å². The molecule has 0 saturated heterocycles. The molecule has 1 aliphatic heterocycles. The third-order valence-electron chi connectivity index (χ3n) is 3.71. The van der Waals surface area contributed by atoms with E-state index in [2.05, 4.69) is 28.8 Å². The number of anilines is 2. The molecule has 1 heterocycles. The lowest BCUT2D eigenvalue weighted by atomic mass is 10.2. The van der Waals surface area contributed by atoms with Crippen LogP contribution in [0.5, 0.6) is 0 Å². The number of fused-ring (bicyclic) bond motifs is 2. The number of benzene rings is 2. The van der Waals surface area contributed by atoms with Crippen molar-refractivity contribution in [2.45, 2.75) is 9.79 Å². The molecule has 0 radical (unpaired) electrons. The molecule has 21 heavy (non-hydrogen) atoms. The molecule has 1 aliphatic rings. The van der Waals surface area contributed by atoms with E-state index in [4.69, 9.17) is 0 Å². The molecule has 0 fully saturated rings. The topological polar surface area (TPSA) is 41.1 Å². The van der Waals surface area contributed by atoms with Crippen molar-refractivity contribution in [3.05, 3.63) is 42.5 Å². The van der Waals surface area contributed by atoms with Crippen LogP contribution in [0.25, 0.3) is 0 Å². The van der Waals surface area contributed by atoms with Gasteiger partial charge in [0.05, 0.1) is 25.5 Å². The van der Waals surface area contributed by atoms with Gasteiger partial charge in [0.2, 0.25) is 0 Å². The number of carbonyl (C=O) groups excluding carboxylic acids is 1. The first-order chi connectivity index (χ1) is 10.0. The van der Waals surface area contributed by atoms with Crippen molar-refractivity contribution in [1.29, 1.82) is 0 Å². The lowest BCUT2D eigenvalue weighted by Crippen LogP contribution is -2.51. The molecule has 0 atom stereocenters. The van der Waals surface area contributed by atoms with Crippen LogP contribution in [0.3, 0.4) is 0 Å². The number of para-hydroxylation sites is 1. The van der Waals surface area contributed by atoms with E-state index >= 15 is 0 Å². The summed E-state index contributed by atoms with van der Waals surface area (Å²) in [6.07, 6.45) is 0. The van der Waals surface area contributed by atoms with Gasteiger partial charge in [0.15, 0.2) is 0 Å². The number of amides is 2. The molecular formula is C16H18N3OS+. The minimum Gasteiger partial charge on any atom is -0.354 e. The fourth-order valence-electron chi connectivity index (χ4n) is 2.37. The first-order valence-corrected chi connectivity index (χ1v) is 7.59. The molecule has 108 valence electrons. The van der Waals surface area contributed by atoms with Crippen molar-refractivity contribution in [2.24, 2.45) is 0 Å². The Morgan fingerprint density at radius 1 is 1.10 bits per heavy atom. The van der Waals surface area contributed by atoms with Crippen LogP contribution in [0.1, 0.15) is 0 Å². The SMILES string of the molecule is CNC(=O)[N+](C)(C)c1ccc2c(c1)Sc1ccccc1N2. The molecular weight excluding hydrogens is 282 g/mol. The normalized spacial score (nSPS) is 12.9. The van der Waals surface area contributed by atoms with Crippen LogP contribution in [0.4, 0.5) is 21.9 Å². The predicted octanol–water partition coefficient (Wildman–Crippen LogP) is 3.80. The molecule has 0 aliphatic carbocycles. The maximum Gasteiger partial charge on any atom is 0.420 e. The fraction of sp³-hybridized carbons (Fsp3) is 0.188. The van der Waals surface area contributed by atoms with E-state index in [-0.39, 0.29) is 10.5 Å². The van der Waals surface area contributed by atoms with Crippen LogP contribution in [0.2, 0.25) is 0 Å². The van der Waals surface area contributed by atoms with E-state index < -0.39 is 0 Å². The van der Waals surface area contributed by atoms with E-state index in [9.17, 15) is 4.79 Å². The van der Waals surface area contributed by atoms with E-state index in [1.54, 1.807) is 18.8 Å². The number of nitrogens with zero attached hydrogens (tertiary/aromatic N) is 1. The summed E-state index contributed by atoms with van der Waals surface area (Å²) in [6.45, 7) is 0. The molecule has 0 unspecified atom stereocenters. The van der Waals surface area contributed by atoms with Crippen molar-refractivity contribution in [3.8, 4) is 0 Å². The van der Waals surface area contributed by atoms with Gasteiger partial charge in [-0.05, 0) is 18.2 Å². The van der Waals surface area contributed by atoms with Gasteiger partial charge < -0.3 is 10.6 Å². The summed E-state index contributed by atoms with van der Waals surface area (Å²) in [6, 6.07) is 14.3. The van der Waals surface area contributed by atoms with Gasteiger partial charge in [-0.3, -0.25) is 0 Å². The molecule has 2 amide bonds. The van der Waals surface area contributed by atoms with Gasteiger partial charge in [-0.2, -0.15) is 0 Å². The number of nitrogens with one attached hydrogen (secondary N) is 2. The average Bonchev–Trinajstić information content (AvgIpc) is 2.51. The van der Waals surface area contributed by atoms with Crippen molar-refractivity contribution < 1.29 is 4.79 Å². The largest absolute Gasteiger partial charge is 0.420 e. The van der Waals surface area contributed by atoms with Crippen LogP contribution in [-0.4, -0.2) is 27.2 Å². The Kier molecular flexibility index (Phi) is 3.39. The third kappa shape index (κ3) is 2.39. The van der Waals surface area contributed by atoms with Crippen LogP contribution >= 0.6 is 11.8 Å². The van der Waals surface area contributed by atoms with Gasteiger partial charge in [-0.25, -0.2) is 9.28 Å². The second-order valence-corrected chi connectivity index (χ2v) is 6.50. The van der Waals surface area contributed by atoms with Gasteiger partial charge in [-0.15, -0.1) is 0 Å². The zero-order valence-electron chi connectivity index (χ0n) is 12.3. The quantitative estimate of drug-likeness (QED) is 0.672. The molecule has 2 aromatic carbocycles. The van der Waals surface area contributed by atoms with Crippen molar-refractivity contribution >= 4 is 34.9 Å². The highest BCUT2D eigenvalue weighted by Crippen LogP contribution is 2.45.